The molecule has 1 atom stereocenters. The first-order valence-corrected chi connectivity index (χ1v) is 9.84. The predicted molar refractivity (Wildman–Crippen MR) is 90.7 cm³/mol. The molecule has 0 radical (unpaired) electrons. The van der Waals surface area contributed by atoms with E-state index in [1.165, 1.54) is 47.0 Å². The van der Waals surface area contributed by atoms with Crippen LogP contribution in [-0.2, 0) is 6.18 Å². The fraction of sp³-hybridized carbons (Fsp3) is 0.286. The highest BCUT2D eigenvalue weighted by Gasteiger charge is 2.31. The Labute approximate surface area is 153 Å². The van der Waals surface area contributed by atoms with E-state index in [1.807, 2.05) is 13.2 Å². The van der Waals surface area contributed by atoms with E-state index in [4.69, 9.17) is 4.52 Å². The fourth-order valence-electron chi connectivity index (χ4n) is 1.88. The molecule has 0 saturated carbocycles. The van der Waals surface area contributed by atoms with Crippen molar-refractivity contribution in [2.45, 2.75) is 27.0 Å². The topological polar surface area (TPSA) is 64.7 Å². The summed E-state index contributed by atoms with van der Waals surface area (Å²) in [7, 11) is 0. The Kier molecular flexibility index (Phi) is 5.35. The number of hydrogen-bond donors (Lipinski definition) is 0. The number of aromatic nitrogens is 4. The lowest BCUT2D eigenvalue weighted by molar-refractivity contribution is -0.137. The quantitative estimate of drug-likeness (QED) is 0.543. The molecule has 0 aliphatic heterocycles. The molecule has 5 nitrogen and oxygen atoms in total. The molecule has 2 heterocycles. The van der Waals surface area contributed by atoms with Gasteiger partial charge in [-0.3, -0.25) is 0 Å². The molecule has 0 saturated heterocycles. The van der Waals surface area contributed by atoms with Crippen molar-refractivity contribution in [2.75, 3.05) is 6.26 Å². The Morgan fingerprint density at radius 2 is 1.96 bits per heavy atom. The highest BCUT2D eigenvalue weighted by atomic mass is 32.2. The lowest BCUT2D eigenvalue weighted by Gasteiger charge is -2.06. The monoisotopic (exact) mass is 404 g/mol. The summed E-state index contributed by atoms with van der Waals surface area (Å²) in [5.74, 6) is 0.439. The van der Waals surface area contributed by atoms with Crippen LogP contribution in [0.1, 0.15) is 23.6 Å². The van der Waals surface area contributed by atoms with E-state index < -0.39 is 11.7 Å². The third-order valence-corrected chi connectivity index (χ3v) is 6.15. The molecule has 132 valence electrons. The molecule has 0 aliphatic carbocycles. The first-order chi connectivity index (χ1) is 11.9. The van der Waals surface area contributed by atoms with Crippen LogP contribution in [0.3, 0.4) is 0 Å². The molecule has 0 N–H and O–H groups in total. The Balaban J connectivity index is 1.78. The Morgan fingerprint density at radius 1 is 1.20 bits per heavy atom. The Hall–Kier alpha value is -1.59. The van der Waals surface area contributed by atoms with Gasteiger partial charge < -0.3 is 4.52 Å². The van der Waals surface area contributed by atoms with Crippen molar-refractivity contribution in [1.82, 2.24) is 20.3 Å². The van der Waals surface area contributed by atoms with E-state index in [0.29, 0.717) is 5.89 Å². The Bertz CT molecular complexity index is 865. The van der Waals surface area contributed by atoms with Gasteiger partial charge in [0, 0.05) is 5.56 Å². The number of thioether (sulfide) groups is 2. The minimum atomic E-state index is -4.42. The number of rotatable bonds is 5. The van der Waals surface area contributed by atoms with Crippen molar-refractivity contribution in [3.05, 3.63) is 35.7 Å². The smallest absolute Gasteiger partial charge is 0.338 e. The molecule has 1 aromatic carbocycles. The summed E-state index contributed by atoms with van der Waals surface area (Å²) in [6.07, 6.45) is -2.50. The van der Waals surface area contributed by atoms with Crippen LogP contribution in [0.5, 0.6) is 0 Å². The van der Waals surface area contributed by atoms with Crippen LogP contribution in [0, 0.1) is 0 Å². The summed E-state index contributed by atoms with van der Waals surface area (Å²) in [6.45, 7) is 1.86. The van der Waals surface area contributed by atoms with Crippen LogP contribution in [0.15, 0.2) is 37.5 Å². The summed E-state index contributed by atoms with van der Waals surface area (Å²) in [5, 5.41) is 11.6. The predicted octanol–water partition coefficient (Wildman–Crippen LogP) is 5.18. The maximum absolute atomic E-state index is 12.8. The van der Waals surface area contributed by atoms with Gasteiger partial charge in [-0.15, -0.1) is 10.2 Å². The average Bonchev–Trinajstić information content (AvgIpc) is 3.23. The maximum atomic E-state index is 12.8. The van der Waals surface area contributed by atoms with Crippen LogP contribution >= 0.6 is 34.9 Å². The molecular weight excluding hydrogens is 393 g/mol. The van der Waals surface area contributed by atoms with Crippen molar-refractivity contribution in [1.29, 1.82) is 0 Å². The van der Waals surface area contributed by atoms with Gasteiger partial charge in [-0.2, -0.15) is 18.2 Å². The molecule has 0 unspecified atom stereocenters. The van der Waals surface area contributed by atoms with E-state index in [-0.39, 0.29) is 16.6 Å². The molecule has 0 fully saturated rings. The van der Waals surface area contributed by atoms with Gasteiger partial charge in [0.1, 0.15) is 0 Å². The summed E-state index contributed by atoms with van der Waals surface area (Å²) in [4.78, 5) is 4.21. The number of alkyl halides is 3. The molecule has 0 spiro atoms. The van der Waals surface area contributed by atoms with Crippen LogP contribution in [-0.4, -0.2) is 26.6 Å². The average molecular weight is 404 g/mol. The van der Waals surface area contributed by atoms with Crippen LogP contribution < -0.4 is 0 Å². The molecule has 0 aliphatic rings. The molecule has 3 rings (SSSR count). The minimum Gasteiger partial charge on any atom is -0.338 e. The maximum Gasteiger partial charge on any atom is 0.416 e. The van der Waals surface area contributed by atoms with Gasteiger partial charge >= 0.3 is 6.18 Å². The first-order valence-electron chi connectivity index (χ1n) is 6.92. The first kappa shape index (κ1) is 18.2. The highest BCUT2D eigenvalue weighted by molar-refractivity contribution is 8.03. The molecule has 0 amide bonds. The zero-order valence-corrected chi connectivity index (χ0v) is 15.4. The standard InChI is InChI=1S/C14H11F3N4OS3/c1-7(24-13-20-19-12(23-2)25-13)11-18-10(21-22-11)8-4-3-5-9(6-8)14(15,16)17/h3-7H,1-2H3/t7-/m1/s1. The molecule has 2 aromatic heterocycles. The van der Waals surface area contributed by atoms with E-state index in [2.05, 4.69) is 20.3 Å². The van der Waals surface area contributed by atoms with Gasteiger partial charge in [-0.25, -0.2) is 0 Å². The highest BCUT2D eigenvalue weighted by Crippen LogP contribution is 2.38. The van der Waals surface area contributed by atoms with Crippen LogP contribution in [0.25, 0.3) is 11.4 Å². The number of hydrogen-bond acceptors (Lipinski definition) is 8. The van der Waals surface area contributed by atoms with Gasteiger partial charge in [0.2, 0.25) is 11.7 Å². The molecule has 25 heavy (non-hydrogen) atoms. The molecular formula is C14H11F3N4OS3. The second-order valence-electron chi connectivity index (χ2n) is 4.83. The van der Waals surface area contributed by atoms with Crippen molar-refractivity contribution in [3.63, 3.8) is 0 Å². The van der Waals surface area contributed by atoms with Gasteiger partial charge in [0.05, 0.1) is 10.8 Å². The normalized spacial score (nSPS) is 13.2. The van der Waals surface area contributed by atoms with Crippen molar-refractivity contribution in [3.8, 4) is 11.4 Å². The Morgan fingerprint density at radius 3 is 2.64 bits per heavy atom. The van der Waals surface area contributed by atoms with Crippen molar-refractivity contribution >= 4 is 34.9 Å². The zero-order chi connectivity index (χ0) is 18.0. The van der Waals surface area contributed by atoms with Crippen molar-refractivity contribution in [2.24, 2.45) is 0 Å². The van der Waals surface area contributed by atoms with E-state index in [9.17, 15) is 13.2 Å². The third kappa shape index (κ3) is 4.33. The van der Waals surface area contributed by atoms with E-state index in [0.717, 1.165) is 20.8 Å². The van der Waals surface area contributed by atoms with Crippen molar-refractivity contribution < 1.29 is 17.7 Å². The molecule has 11 heteroatoms. The third-order valence-electron chi connectivity index (χ3n) is 3.08. The van der Waals surface area contributed by atoms with E-state index >= 15 is 0 Å². The van der Waals surface area contributed by atoms with Gasteiger partial charge in [-0.05, 0) is 25.3 Å². The zero-order valence-electron chi connectivity index (χ0n) is 12.9. The lowest BCUT2D eigenvalue weighted by atomic mass is 10.1. The second-order valence-corrected chi connectivity index (χ2v) is 8.45. The summed E-state index contributed by atoms with van der Waals surface area (Å²) in [6, 6.07) is 4.83. The van der Waals surface area contributed by atoms with Crippen LogP contribution in [0.2, 0.25) is 0 Å². The lowest BCUT2D eigenvalue weighted by Crippen LogP contribution is -2.04. The number of nitrogens with zero attached hydrogens (tertiary/aromatic N) is 4. The summed E-state index contributed by atoms with van der Waals surface area (Å²) in [5.41, 5.74) is -0.500. The van der Waals surface area contributed by atoms with Gasteiger partial charge in [-0.1, -0.05) is 52.1 Å². The van der Waals surface area contributed by atoms with Gasteiger partial charge in [0.25, 0.3) is 0 Å². The summed E-state index contributed by atoms with van der Waals surface area (Å²) >= 11 is 4.36. The second kappa shape index (κ2) is 7.34. The number of benzene rings is 1. The summed E-state index contributed by atoms with van der Waals surface area (Å²) < 4.78 is 45.2. The largest absolute Gasteiger partial charge is 0.416 e. The molecule has 0 bridgehead atoms. The molecule has 3 aromatic rings. The minimum absolute atomic E-state index is 0.121. The number of halogens is 3. The van der Waals surface area contributed by atoms with Gasteiger partial charge in [0.15, 0.2) is 8.68 Å². The fourth-order valence-corrected chi connectivity index (χ4v) is 4.49. The SMILES string of the molecule is CSc1nnc(S[C@H](C)c2nc(-c3cccc(C(F)(F)F)c3)no2)s1. The van der Waals surface area contributed by atoms with E-state index in [1.54, 1.807) is 0 Å². The van der Waals surface area contributed by atoms with Crippen LogP contribution in [0.4, 0.5) is 13.2 Å².